The highest BCUT2D eigenvalue weighted by Crippen LogP contribution is 2.35. The summed E-state index contributed by atoms with van der Waals surface area (Å²) in [6.07, 6.45) is 7.11. The second-order valence-electron chi connectivity index (χ2n) is 4.42. The van der Waals surface area contributed by atoms with Gasteiger partial charge in [-0.3, -0.25) is 0 Å². The highest BCUT2D eigenvalue weighted by molar-refractivity contribution is 7.80. The number of piperidine rings is 2. The summed E-state index contributed by atoms with van der Waals surface area (Å²) < 4.78 is 0. The van der Waals surface area contributed by atoms with E-state index in [-0.39, 0.29) is 0 Å². The van der Waals surface area contributed by atoms with E-state index in [1.165, 1.54) is 32.1 Å². The van der Waals surface area contributed by atoms with E-state index in [2.05, 4.69) is 24.6 Å². The van der Waals surface area contributed by atoms with Crippen molar-refractivity contribution in [3.8, 4) is 0 Å². The number of rotatable bonds is 1. The molecule has 2 rings (SSSR count). The average Bonchev–Trinajstić information content (AvgIpc) is 2.04. The summed E-state index contributed by atoms with van der Waals surface area (Å²) >= 11 is 4.42. The lowest BCUT2D eigenvalue weighted by Gasteiger charge is -2.46. The molecule has 0 aromatic rings. The molecule has 2 aliphatic rings. The van der Waals surface area contributed by atoms with Gasteiger partial charge < -0.3 is 4.90 Å². The topological polar surface area (TPSA) is 3.24 Å². The summed E-state index contributed by atoms with van der Waals surface area (Å²) in [4.78, 5) is 2.61. The second kappa shape index (κ2) is 3.59. The molecule has 0 aliphatic carbocycles. The fraction of sp³-hybridized carbons (Fsp3) is 1.00. The third-order valence-electron chi connectivity index (χ3n) is 3.70. The third-order valence-corrected chi connectivity index (χ3v) is 4.21. The molecule has 2 fully saturated rings. The van der Waals surface area contributed by atoms with Crippen LogP contribution in [0.3, 0.4) is 0 Å². The second-order valence-corrected chi connectivity index (χ2v) is 4.79. The van der Waals surface area contributed by atoms with Crippen LogP contribution in [0, 0.1) is 5.92 Å². The van der Waals surface area contributed by atoms with E-state index in [0.717, 1.165) is 23.8 Å². The lowest BCUT2D eigenvalue weighted by Crippen LogP contribution is -2.49. The van der Waals surface area contributed by atoms with Gasteiger partial charge in [0, 0.05) is 12.1 Å². The van der Waals surface area contributed by atoms with Gasteiger partial charge in [-0.25, -0.2) is 0 Å². The quantitative estimate of drug-likeness (QED) is 0.613. The van der Waals surface area contributed by atoms with Crippen molar-refractivity contribution in [3.63, 3.8) is 0 Å². The molecule has 0 N–H and O–H groups in total. The van der Waals surface area contributed by atoms with Crippen molar-refractivity contribution in [3.05, 3.63) is 0 Å². The van der Waals surface area contributed by atoms with Crippen molar-refractivity contribution in [2.24, 2.45) is 5.92 Å². The predicted molar refractivity (Wildman–Crippen MR) is 55.8 cm³/mol. The van der Waals surface area contributed by atoms with Gasteiger partial charge in [0.1, 0.15) is 0 Å². The zero-order valence-corrected chi connectivity index (χ0v) is 8.76. The molecule has 2 atom stereocenters. The van der Waals surface area contributed by atoms with Crippen LogP contribution in [0.1, 0.15) is 32.1 Å². The summed E-state index contributed by atoms with van der Waals surface area (Å²) in [6.45, 7) is 0. The van der Waals surface area contributed by atoms with Gasteiger partial charge in [-0.15, -0.1) is 0 Å². The highest BCUT2D eigenvalue weighted by atomic mass is 32.1. The first-order valence-electron chi connectivity index (χ1n) is 5.14. The first kappa shape index (κ1) is 8.89. The Morgan fingerprint density at radius 1 is 1.25 bits per heavy atom. The number of nitrogens with zero attached hydrogens (tertiary/aromatic N) is 1. The number of fused-ring (bicyclic) bond motifs is 2. The molecule has 2 saturated heterocycles. The first-order valence-corrected chi connectivity index (χ1v) is 5.77. The molecule has 2 unspecified atom stereocenters. The number of hydrogen-bond donors (Lipinski definition) is 1. The maximum Gasteiger partial charge on any atom is 0.00980 e. The highest BCUT2D eigenvalue weighted by Gasteiger charge is 2.34. The van der Waals surface area contributed by atoms with Crippen LogP contribution in [0.15, 0.2) is 0 Å². The summed E-state index contributed by atoms with van der Waals surface area (Å²) in [5, 5.41) is 0. The molecule has 0 aromatic carbocycles. The summed E-state index contributed by atoms with van der Waals surface area (Å²) in [7, 11) is 2.31. The van der Waals surface area contributed by atoms with Crippen molar-refractivity contribution in [1.82, 2.24) is 4.90 Å². The normalized spacial score (nSPS) is 43.0. The molecule has 2 heterocycles. The summed E-state index contributed by atoms with van der Waals surface area (Å²) in [5.74, 6) is 2.00. The van der Waals surface area contributed by atoms with Crippen molar-refractivity contribution in [2.75, 3.05) is 12.8 Å². The van der Waals surface area contributed by atoms with E-state index in [1.807, 2.05) is 0 Å². The lowest BCUT2D eigenvalue weighted by molar-refractivity contribution is 0.0428. The van der Waals surface area contributed by atoms with Crippen LogP contribution >= 0.6 is 12.6 Å². The van der Waals surface area contributed by atoms with Gasteiger partial charge >= 0.3 is 0 Å². The van der Waals surface area contributed by atoms with Gasteiger partial charge in [0.05, 0.1) is 0 Å². The van der Waals surface area contributed by atoms with Gasteiger partial charge in [-0.2, -0.15) is 12.6 Å². The molecular formula is C10H19NS. The molecule has 0 spiro atoms. The Hall–Kier alpha value is 0.310. The summed E-state index contributed by atoms with van der Waals surface area (Å²) in [6, 6.07) is 1.77. The Morgan fingerprint density at radius 3 is 2.33 bits per heavy atom. The molecule has 0 aromatic heterocycles. The van der Waals surface area contributed by atoms with E-state index in [1.54, 1.807) is 0 Å². The maximum atomic E-state index is 4.42. The first-order chi connectivity index (χ1) is 5.81. The van der Waals surface area contributed by atoms with E-state index in [4.69, 9.17) is 0 Å². The van der Waals surface area contributed by atoms with E-state index in [9.17, 15) is 0 Å². The molecule has 0 saturated carbocycles. The van der Waals surface area contributed by atoms with Crippen molar-refractivity contribution in [1.29, 1.82) is 0 Å². The minimum Gasteiger partial charge on any atom is -0.300 e. The zero-order chi connectivity index (χ0) is 8.55. The Morgan fingerprint density at radius 2 is 1.83 bits per heavy atom. The van der Waals surface area contributed by atoms with Crippen LogP contribution in [0.25, 0.3) is 0 Å². The van der Waals surface area contributed by atoms with Crippen LogP contribution in [-0.2, 0) is 0 Å². The molecule has 2 bridgehead atoms. The minimum atomic E-state index is 0.884. The van der Waals surface area contributed by atoms with Gasteiger partial charge in [-0.1, -0.05) is 6.42 Å². The van der Waals surface area contributed by atoms with Crippen LogP contribution in [0.2, 0.25) is 0 Å². The van der Waals surface area contributed by atoms with Crippen LogP contribution in [-0.4, -0.2) is 29.8 Å². The van der Waals surface area contributed by atoms with E-state index < -0.39 is 0 Å². The molecule has 2 aliphatic heterocycles. The summed E-state index contributed by atoms with van der Waals surface area (Å²) in [5.41, 5.74) is 0. The number of thiol groups is 1. The van der Waals surface area contributed by atoms with Gasteiger partial charge in [0.25, 0.3) is 0 Å². The average molecular weight is 185 g/mol. The Labute approximate surface area is 80.9 Å². The zero-order valence-electron chi connectivity index (χ0n) is 7.87. The van der Waals surface area contributed by atoms with Crippen LogP contribution in [0.5, 0.6) is 0 Å². The molecule has 1 nitrogen and oxygen atoms in total. The standard InChI is InChI=1S/C10H19NS/c1-11-9-3-2-4-10(11)6-8(5-9)7-12/h8-10,12H,2-7H2,1H3. The van der Waals surface area contributed by atoms with Gasteiger partial charge in [0.2, 0.25) is 0 Å². The largest absolute Gasteiger partial charge is 0.300 e. The fourth-order valence-corrected chi connectivity index (χ4v) is 3.18. The molecule has 2 heteroatoms. The molecule has 0 radical (unpaired) electrons. The smallest absolute Gasteiger partial charge is 0.00980 e. The molecule has 0 amide bonds. The monoisotopic (exact) mass is 185 g/mol. The fourth-order valence-electron chi connectivity index (χ4n) is 2.88. The molecule has 70 valence electrons. The third kappa shape index (κ3) is 1.51. The van der Waals surface area contributed by atoms with E-state index >= 15 is 0 Å². The van der Waals surface area contributed by atoms with Crippen molar-refractivity contribution < 1.29 is 0 Å². The number of hydrogen-bond acceptors (Lipinski definition) is 2. The molecule has 12 heavy (non-hydrogen) atoms. The SMILES string of the molecule is CN1C2CCCC1CC(CS)C2. The van der Waals surface area contributed by atoms with Crippen molar-refractivity contribution >= 4 is 12.6 Å². The van der Waals surface area contributed by atoms with Crippen LogP contribution in [0.4, 0.5) is 0 Å². The van der Waals surface area contributed by atoms with Crippen LogP contribution < -0.4 is 0 Å². The Balaban J connectivity index is 2.02. The molecular weight excluding hydrogens is 166 g/mol. The van der Waals surface area contributed by atoms with Gasteiger partial charge in [0.15, 0.2) is 0 Å². The minimum absolute atomic E-state index is 0.884. The van der Waals surface area contributed by atoms with Crippen molar-refractivity contribution in [2.45, 2.75) is 44.2 Å². The maximum absolute atomic E-state index is 4.42. The van der Waals surface area contributed by atoms with E-state index in [0.29, 0.717) is 0 Å². The Bertz CT molecular complexity index is 146. The Kier molecular flexibility index (Phi) is 2.66. The lowest BCUT2D eigenvalue weighted by atomic mass is 9.79. The predicted octanol–water partition coefficient (Wildman–Crippen LogP) is 2.18. The van der Waals surface area contributed by atoms with Gasteiger partial charge in [-0.05, 0) is 44.4 Å².